The summed E-state index contributed by atoms with van der Waals surface area (Å²) >= 11 is 6.55. The largest absolute Gasteiger partial charge is 0.345 e. The van der Waals surface area contributed by atoms with Gasteiger partial charge in [0.2, 0.25) is 0 Å². The summed E-state index contributed by atoms with van der Waals surface area (Å²) in [5.41, 5.74) is 1.13. The predicted molar refractivity (Wildman–Crippen MR) is 143 cm³/mol. The monoisotopic (exact) mass is 525 g/mol. The van der Waals surface area contributed by atoms with Gasteiger partial charge in [0, 0.05) is 12.1 Å². The Hall–Kier alpha value is -3.30. The van der Waals surface area contributed by atoms with E-state index < -0.39 is 34.5 Å². The van der Waals surface area contributed by atoms with E-state index in [9.17, 15) is 25.0 Å². The SMILES string of the molecule is C[Si](C)(Cl)CCC[C@H]1CCc2ccc3ccccc3c2[C@H]1NC(=O)c1cc([N+](=O)[O-])cc([N+](=O)[O-])c1. The minimum absolute atomic E-state index is 0.101. The number of halogens is 1. The molecule has 8 nitrogen and oxygen atoms in total. The molecular formula is C26H28ClN3O5Si. The summed E-state index contributed by atoms with van der Waals surface area (Å²) in [5.74, 6) is -0.418. The molecule has 1 N–H and O–H groups in total. The first kappa shape index (κ1) is 25.8. The van der Waals surface area contributed by atoms with E-state index in [1.807, 2.05) is 24.3 Å². The van der Waals surface area contributed by atoms with Crippen molar-refractivity contribution in [2.24, 2.45) is 5.92 Å². The van der Waals surface area contributed by atoms with E-state index in [0.29, 0.717) is 0 Å². The first-order chi connectivity index (χ1) is 17.0. The number of hydrogen-bond donors (Lipinski definition) is 1. The molecule has 3 aromatic rings. The van der Waals surface area contributed by atoms with Crippen molar-refractivity contribution in [3.8, 4) is 0 Å². The van der Waals surface area contributed by atoms with Gasteiger partial charge in [0.1, 0.15) is 7.38 Å². The van der Waals surface area contributed by atoms with Crippen molar-refractivity contribution in [2.75, 3.05) is 0 Å². The van der Waals surface area contributed by atoms with Crippen LogP contribution in [0.5, 0.6) is 0 Å². The van der Waals surface area contributed by atoms with Gasteiger partial charge in [-0.2, -0.15) is 11.1 Å². The lowest BCUT2D eigenvalue weighted by molar-refractivity contribution is -0.394. The number of rotatable bonds is 8. The minimum Gasteiger partial charge on any atom is -0.345 e. The molecule has 10 heteroatoms. The molecule has 0 saturated heterocycles. The fraction of sp³-hybridized carbons (Fsp3) is 0.346. The molecule has 36 heavy (non-hydrogen) atoms. The van der Waals surface area contributed by atoms with Gasteiger partial charge < -0.3 is 5.32 Å². The molecule has 1 aliphatic rings. The fourth-order valence-corrected chi connectivity index (χ4v) is 6.56. The highest BCUT2D eigenvalue weighted by Gasteiger charge is 2.33. The third-order valence-corrected chi connectivity index (χ3v) is 8.96. The number of hydrogen-bond acceptors (Lipinski definition) is 5. The van der Waals surface area contributed by atoms with Crippen LogP contribution >= 0.6 is 11.1 Å². The molecule has 1 amide bonds. The average Bonchev–Trinajstić information content (AvgIpc) is 2.83. The van der Waals surface area contributed by atoms with Gasteiger partial charge in [-0.15, -0.1) is 0 Å². The molecule has 0 bridgehead atoms. The zero-order chi connectivity index (χ0) is 26.0. The summed E-state index contributed by atoms with van der Waals surface area (Å²) in [6.45, 7) is 4.24. The first-order valence-corrected chi connectivity index (χ1v) is 16.2. The predicted octanol–water partition coefficient (Wildman–Crippen LogP) is 6.91. The summed E-state index contributed by atoms with van der Waals surface area (Å²) in [7, 11) is -1.74. The van der Waals surface area contributed by atoms with Crippen molar-refractivity contribution in [1.82, 2.24) is 5.32 Å². The van der Waals surface area contributed by atoms with Crippen molar-refractivity contribution >= 4 is 46.5 Å². The van der Waals surface area contributed by atoms with Crippen LogP contribution in [0.3, 0.4) is 0 Å². The van der Waals surface area contributed by atoms with Gasteiger partial charge in [0.25, 0.3) is 17.3 Å². The van der Waals surface area contributed by atoms with Crippen LogP contribution in [0.25, 0.3) is 10.8 Å². The molecule has 0 fully saturated rings. The lowest BCUT2D eigenvalue weighted by Crippen LogP contribution is -2.37. The molecule has 0 aromatic heterocycles. The maximum Gasteiger partial charge on any atom is 0.277 e. The summed E-state index contributed by atoms with van der Waals surface area (Å²) in [6.07, 6.45) is 3.60. The quantitative estimate of drug-likeness (QED) is 0.148. The van der Waals surface area contributed by atoms with Crippen LogP contribution in [0.4, 0.5) is 11.4 Å². The molecule has 0 unspecified atom stereocenters. The molecule has 3 aromatic carbocycles. The second kappa shape index (κ2) is 10.4. The van der Waals surface area contributed by atoms with Crippen molar-refractivity contribution in [1.29, 1.82) is 0 Å². The van der Waals surface area contributed by atoms with Crippen LogP contribution in [-0.4, -0.2) is 23.1 Å². The van der Waals surface area contributed by atoms with Crippen molar-refractivity contribution in [3.05, 3.63) is 91.5 Å². The number of benzene rings is 3. The molecule has 2 atom stereocenters. The number of nitro groups is 2. The summed E-state index contributed by atoms with van der Waals surface area (Å²) in [5, 5.41) is 27.9. The van der Waals surface area contributed by atoms with Crippen LogP contribution in [-0.2, 0) is 6.42 Å². The Bertz CT molecular complexity index is 1310. The smallest absolute Gasteiger partial charge is 0.277 e. The lowest BCUT2D eigenvalue weighted by atomic mass is 9.75. The summed E-state index contributed by atoms with van der Waals surface area (Å²) in [6, 6.07) is 15.9. The van der Waals surface area contributed by atoms with E-state index in [-0.39, 0.29) is 17.5 Å². The van der Waals surface area contributed by atoms with Gasteiger partial charge in [-0.3, -0.25) is 25.0 Å². The van der Waals surface area contributed by atoms with Crippen LogP contribution in [0, 0.1) is 26.1 Å². The second-order valence-electron chi connectivity index (χ2n) is 9.97. The Morgan fingerprint density at radius 3 is 2.36 bits per heavy atom. The molecule has 1 aliphatic carbocycles. The number of amides is 1. The molecule has 0 spiro atoms. The third-order valence-electron chi connectivity index (χ3n) is 6.85. The van der Waals surface area contributed by atoms with E-state index >= 15 is 0 Å². The number of aryl methyl sites for hydroxylation is 1. The normalized spacial score (nSPS) is 17.4. The zero-order valence-electron chi connectivity index (χ0n) is 20.2. The van der Waals surface area contributed by atoms with Gasteiger partial charge in [-0.05, 0) is 53.1 Å². The van der Waals surface area contributed by atoms with Crippen LogP contribution in [0.15, 0.2) is 54.6 Å². The number of nitro benzene ring substituents is 2. The number of carbonyl (C=O) groups is 1. The molecule has 188 valence electrons. The number of non-ortho nitro benzene ring substituents is 2. The highest BCUT2D eigenvalue weighted by Crippen LogP contribution is 2.41. The minimum atomic E-state index is -1.74. The average molecular weight is 526 g/mol. The molecular weight excluding hydrogens is 498 g/mol. The van der Waals surface area contributed by atoms with Gasteiger partial charge in [0.05, 0.1) is 27.5 Å². The lowest BCUT2D eigenvalue weighted by Gasteiger charge is -2.35. The molecule has 0 aliphatic heterocycles. The molecule has 0 saturated carbocycles. The van der Waals surface area contributed by atoms with Gasteiger partial charge in [-0.1, -0.05) is 55.9 Å². The molecule has 0 radical (unpaired) electrons. The van der Waals surface area contributed by atoms with E-state index in [4.69, 9.17) is 11.1 Å². The van der Waals surface area contributed by atoms with Crippen LogP contribution in [0.2, 0.25) is 19.1 Å². The van der Waals surface area contributed by atoms with Gasteiger partial charge in [0.15, 0.2) is 0 Å². The zero-order valence-corrected chi connectivity index (χ0v) is 22.0. The fourth-order valence-electron chi connectivity index (χ4n) is 5.12. The topological polar surface area (TPSA) is 115 Å². The van der Waals surface area contributed by atoms with E-state index in [1.165, 1.54) is 0 Å². The van der Waals surface area contributed by atoms with Crippen molar-refractivity contribution in [3.63, 3.8) is 0 Å². The second-order valence-corrected chi connectivity index (χ2v) is 17.0. The third kappa shape index (κ3) is 5.74. The van der Waals surface area contributed by atoms with Crippen LogP contribution in [0.1, 0.15) is 46.8 Å². The highest BCUT2D eigenvalue weighted by molar-refractivity contribution is 7.19. The highest BCUT2D eigenvalue weighted by atomic mass is 35.6. The molecule has 0 heterocycles. The van der Waals surface area contributed by atoms with E-state index in [2.05, 4.69) is 30.5 Å². The Balaban J connectivity index is 1.73. The summed E-state index contributed by atoms with van der Waals surface area (Å²) < 4.78 is 0. The van der Waals surface area contributed by atoms with Crippen molar-refractivity contribution < 1.29 is 14.6 Å². The number of nitrogens with one attached hydrogen (secondary N) is 1. The maximum atomic E-state index is 13.4. The number of carbonyl (C=O) groups excluding carboxylic acids is 1. The molecule has 4 rings (SSSR count). The van der Waals surface area contributed by atoms with Gasteiger partial charge in [-0.25, -0.2) is 0 Å². The van der Waals surface area contributed by atoms with Gasteiger partial charge >= 0.3 is 0 Å². The first-order valence-electron chi connectivity index (χ1n) is 12.0. The Kier molecular flexibility index (Phi) is 7.42. The standard InChI is InChI=1S/C26H28ClN3O5Si/c1-36(2,27)13-5-7-19-12-11-18-10-9-17-6-3-4-8-23(17)24(18)25(19)28-26(31)20-14-21(29(32)33)16-22(15-20)30(34)35/h3-4,6,8-10,14-16,19,25H,5,7,11-13H2,1-2H3,(H,28,31)/t19-,25-/m0/s1. The Morgan fingerprint density at radius 1 is 1.06 bits per heavy atom. The van der Waals surface area contributed by atoms with E-state index in [0.717, 1.165) is 71.8 Å². The van der Waals surface area contributed by atoms with E-state index in [1.54, 1.807) is 0 Å². The Labute approximate surface area is 214 Å². The van der Waals surface area contributed by atoms with Crippen molar-refractivity contribution in [2.45, 2.75) is 50.9 Å². The van der Waals surface area contributed by atoms with Crippen LogP contribution < -0.4 is 5.32 Å². The number of fused-ring (bicyclic) bond motifs is 3. The summed E-state index contributed by atoms with van der Waals surface area (Å²) in [4.78, 5) is 34.7. The number of nitrogens with zero attached hydrogens (tertiary/aromatic N) is 2. The maximum absolute atomic E-state index is 13.4. The Morgan fingerprint density at radius 2 is 1.72 bits per heavy atom.